The number of ether oxygens (including phenoxy) is 1. The van der Waals surface area contributed by atoms with Gasteiger partial charge in [0.05, 0.1) is 7.11 Å². The predicted molar refractivity (Wildman–Crippen MR) is 63.0 cm³/mol. The summed E-state index contributed by atoms with van der Waals surface area (Å²) in [5.41, 5.74) is 7.94. The van der Waals surface area contributed by atoms with Crippen LogP contribution in [-0.4, -0.2) is 7.11 Å². The maximum atomic E-state index is 5.96. The smallest absolute Gasteiger partial charge is 0.119 e. The molecule has 1 aliphatic carbocycles. The van der Waals surface area contributed by atoms with Crippen molar-refractivity contribution in [1.29, 1.82) is 0 Å². The van der Waals surface area contributed by atoms with Crippen LogP contribution >= 0.6 is 0 Å². The topological polar surface area (TPSA) is 35.2 Å². The summed E-state index contributed by atoms with van der Waals surface area (Å²) in [7, 11) is 1.67. The van der Waals surface area contributed by atoms with Gasteiger partial charge in [0, 0.05) is 11.6 Å². The minimum atomic E-state index is 0.380. The van der Waals surface area contributed by atoms with Gasteiger partial charge in [-0.25, -0.2) is 0 Å². The number of anilines is 1. The van der Waals surface area contributed by atoms with E-state index in [1.165, 1.54) is 0 Å². The first-order chi connectivity index (χ1) is 7.31. The quantitative estimate of drug-likeness (QED) is 0.747. The summed E-state index contributed by atoms with van der Waals surface area (Å²) in [5, 5.41) is 0. The van der Waals surface area contributed by atoms with Crippen LogP contribution in [0, 0.1) is 0 Å². The van der Waals surface area contributed by atoms with E-state index in [2.05, 4.69) is 24.3 Å². The van der Waals surface area contributed by atoms with E-state index in [4.69, 9.17) is 10.5 Å². The monoisotopic (exact) mass is 201 g/mol. The highest BCUT2D eigenvalue weighted by Gasteiger charge is 2.12. The fourth-order valence-electron chi connectivity index (χ4n) is 1.81. The first kappa shape index (κ1) is 9.84. The molecule has 1 atom stereocenters. The van der Waals surface area contributed by atoms with Crippen LogP contribution in [0.2, 0.25) is 0 Å². The van der Waals surface area contributed by atoms with Crippen molar-refractivity contribution in [2.75, 3.05) is 12.8 Å². The highest BCUT2D eigenvalue weighted by atomic mass is 16.5. The van der Waals surface area contributed by atoms with Gasteiger partial charge in [-0.1, -0.05) is 24.3 Å². The average Bonchev–Trinajstić information content (AvgIpc) is 2.31. The Morgan fingerprint density at radius 2 is 2.20 bits per heavy atom. The minimum Gasteiger partial charge on any atom is -0.497 e. The molecule has 1 aromatic carbocycles. The first-order valence-electron chi connectivity index (χ1n) is 5.08. The molecule has 2 N–H and O–H groups in total. The maximum Gasteiger partial charge on any atom is 0.119 e. The highest BCUT2D eigenvalue weighted by Crippen LogP contribution is 2.31. The predicted octanol–water partition coefficient (Wildman–Crippen LogP) is 2.88. The van der Waals surface area contributed by atoms with Crippen molar-refractivity contribution < 1.29 is 4.74 Å². The summed E-state index contributed by atoms with van der Waals surface area (Å²) in [6, 6.07) is 5.81. The molecule has 78 valence electrons. The Kier molecular flexibility index (Phi) is 2.77. The van der Waals surface area contributed by atoms with E-state index < -0.39 is 0 Å². The lowest BCUT2D eigenvalue weighted by Gasteiger charge is -2.16. The summed E-state index contributed by atoms with van der Waals surface area (Å²) in [5.74, 6) is 1.24. The van der Waals surface area contributed by atoms with Crippen LogP contribution in [0.25, 0.3) is 0 Å². The summed E-state index contributed by atoms with van der Waals surface area (Å²) >= 11 is 0. The molecule has 1 unspecified atom stereocenters. The molecular weight excluding hydrogens is 186 g/mol. The standard InChI is InChI=1S/C13H15NO/c1-15-11-7-8-13(14)12(9-11)10-5-3-2-4-6-10/h2-5,7-10H,6,14H2,1H3. The zero-order valence-corrected chi connectivity index (χ0v) is 8.81. The van der Waals surface area contributed by atoms with Gasteiger partial charge in [-0.05, 0) is 30.2 Å². The number of methoxy groups -OCH3 is 1. The third kappa shape index (κ3) is 2.04. The Morgan fingerprint density at radius 1 is 1.33 bits per heavy atom. The van der Waals surface area contributed by atoms with Crippen molar-refractivity contribution in [3.8, 4) is 5.75 Å². The van der Waals surface area contributed by atoms with Gasteiger partial charge < -0.3 is 10.5 Å². The van der Waals surface area contributed by atoms with Gasteiger partial charge in [-0.15, -0.1) is 0 Å². The third-order valence-corrected chi connectivity index (χ3v) is 2.67. The Morgan fingerprint density at radius 3 is 2.87 bits per heavy atom. The third-order valence-electron chi connectivity index (χ3n) is 2.67. The number of rotatable bonds is 2. The summed E-state index contributed by atoms with van der Waals surface area (Å²) < 4.78 is 5.20. The second-order valence-electron chi connectivity index (χ2n) is 3.65. The van der Waals surface area contributed by atoms with Gasteiger partial charge in [0.25, 0.3) is 0 Å². The molecule has 2 rings (SSSR count). The Hall–Kier alpha value is -1.70. The van der Waals surface area contributed by atoms with E-state index in [0.717, 1.165) is 23.4 Å². The van der Waals surface area contributed by atoms with Gasteiger partial charge in [0.1, 0.15) is 5.75 Å². The largest absolute Gasteiger partial charge is 0.497 e. The van der Waals surface area contributed by atoms with Crippen molar-refractivity contribution in [2.45, 2.75) is 12.3 Å². The van der Waals surface area contributed by atoms with E-state index in [1.807, 2.05) is 18.2 Å². The van der Waals surface area contributed by atoms with Crippen LogP contribution in [0.4, 0.5) is 5.69 Å². The fraction of sp³-hybridized carbons (Fsp3) is 0.231. The molecule has 2 nitrogen and oxygen atoms in total. The van der Waals surface area contributed by atoms with Crippen LogP contribution in [-0.2, 0) is 0 Å². The molecule has 2 heteroatoms. The van der Waals surface area contributed by atoms with Crippen LogP contribution in [0.1, 0.15) is 17.9 Å². The summed E-state index contributed by atoms with van der Waals surface area (Å²) in [6.45, 7) is 0. The number of benzene rings is 1. The van der Waals surface area contributed by atoms with E-state index in [1.54, 1.807) is 7.11 Å². The number of allylic oxidation sites excluding steroid dienone is 4. The molecular formula is C13H15NO. The van der Waals surface area contributed by atoms with Gasteiger partial charge in [-0.2, -0.15) is 0 Å². The zero-order valence-electron chi connectivity index (χ0n) is 8.81. The van der Waals surface area contributed by atoms with Crippen molar-refractivity contribution in [3.63, 3.8) is 0 Å². The molecule has 0 radical (unpaired) electrons. The zero-order chi connectivity index (χ0) is 10.7. The maximum absolute atomic E-state index is 5.96. The Balaban J connectivity index is 2.33. The van der Waals surface area contributed by atoms with Crippen LogP contribution in [0.5, 0.6) is 5.75 Å². The van der Waals surface area contributed by atoms with Crippen molar-refractivity contribution in [2.24, 2.45) is 0 Å². The SMILES string of the molecule is COc1ccc(N)c(C2C=CC=CC2)c1. The van der Waals surface area contributed by atoms with Crippen LogP contribution < -0.4 is 10.5 Å². The molecule has 0 saturated heterocycles. The Labute approximate surface area is 90.1 Å². The van der Waals surface area contributed by atoms with E-state index >= 15 is 0 Å². The van der Waals surface area contributed by atoms with E-state index in [-0.39, 0.29) is 0 Å². The Bertz CT molecular complexity index is 407. The average molecular weight is 201 g/mol. The molecule has 0 heterocycles. The van der Waals surface area contributed by atoms with E-state index in [0.29, 0.717) is 5.92 Å². The summed E-state index contributed by atoms with van der Waals surface area (Å²) in [6.07, 6.45) is 9.46. The second-order valence-corrected chi connectivity index (χ2v) is 3.65. The molecule has 1 aliphatic rings. The molecule has 15 heavy (non-hydrogen) atoms. The molecule has 0 bridgehead atoms. The number of hydrogen-bond donors (Lipinski definition) is 1. The number of nitrogens with two attached hydrogens (primary N) is 1. The molecule has 0 aliphatic heterocycles. The van der Waals surface area contributed by atoms with E-state index in [9.17, 15) is 0 Å². The molecule has 0 aromatic heterocycles. The fourth-order valence-corrected chi connectivity index (χ4v) is 1.81. The van der Waals surface area contributed by atoms with Crippen LogP contribution in [0.15, 0.2) is 42.5 Å². The highest BCUT2D eigenvalue weighted by molar-refractivity contribution is 5.54. The van der Waals surface area contributed by atoms with Crippen LogP contribution in [0.3, 0.4) is 0 Å². The minimum absolute atomic E-state index is 0.380. The lowest BCUT2D eigenvalue weighted by atomic mass is 9.91. The molecule has 0 amide bonds. The lowest BCUT2D eigenvalue weighted by molar-refractivity contribution is 0.414. The lowest BCUT2D eigenvalue weighted by Crippen LogP contribution is -2.01. The van der Waals surface area contributed by atoms with Gasteiger partial charge in [0.2, 0.25) is 0 Å². The van der Waals surface area contributed by atoms with Crippen molar-refractivity contribution in [3.05, 3.63) is 48.1 Å². The normalized spacial score (nSPS) is 19.1. The summed E-state index contributed by atoms with van der Waals surface area (Å²) in [4.78, 5) is 0. The molecule has 1 aromatic rings. The second kappa shape index (κ2) is 4.22. The van der Waals surface area contributed by atoms with Crippen molar-refractivity contribution in [1.82, 2.24) is 0 Å². The molecule has 0 fully saturated rings. The van der Waals surface area contributed by atoms with Gasteiger partial charge in [-0.3, -0.25) is 0 Å². The number of nitrogen functional groups attached to an aromatic ring is 1. The van der Waals surface area contributed by atoms with Gasteiger partial charge in [0.15, 0.2) is 0 Å². The molecule has 0 spiro atoms. The first-order valence-corrected chi connectivity index (χ1v) is 5.08. The molecule has 0 saturated carbocycles. The van der Waals surface area contributed by atoms with Gasteiger partial charge >= 0.3 is 0 Å². The van der Waals surface area contributed by atoms with Crippen molar-refractivity contribution >= 4 is 5.69 Å². The number of hydrogen-bond acceptors (Lipinski definition) is 2.